The topological polar surface area (TPSA) is 79.0 Å². The highest BCUT2D eigenvalue weighted by Gasteiger charge is 2.30. The van der Waals surface area contributed by atoms with E-state index in [1.54, 1.807) is 17.0 Å². The van der Waals surface area contributed by atoms with E-state index in [4.69, 9.17) is 4.74 Å². The number of piperazine rings is 1. The highest BCUT2D eigenvalue weighted by molar-refractivity contribution is 7.89. The summed E-state index contributed by atoms with van der Waals surface area (Å²) in [5, 5.41) is 2.93. The number of urea groups is 1. The molecule has 0 saturated carbocycles. The van der Waals surface area contributed by atoms with Crippen LogP contribution in [0.5, 0.6) is 5.75 Å². The zero-order chi connectivity index (χ0) is 20.1. The van der Waals surface area contributed by atoms with Crippen LogP contribution < -0.4 is 10.1 Å². The van der Waals surface area contributed by atoms with Gasteiger partial charge >= 0.3 is 6.03 Å². The van der Waals surface area contributed by atoms with Crippen LogP contribution in [0.3, 0.4) is 0 Å². The Morgan fingerprint density at radius 3 is 2.29 bits per heavy atom. The zero-order valence-corrected chi connectivity index (χ0v) is 16.9. The lowest BCUT2D eigenvalue weighted by Gasteiger charge is -2.34. The Morgan fingerprint density at radius 2 is 1.68 bits per heavy atom. The van der Waals surface area contributed by atoms with E-state index in [1.807, 2.05) is 31.2 Å². The van der Waals surface area contributed by atoms with Crippen LogP contribution in [0.25, 0.3) is 0 Å². The van der Waals surface area contributed by atoms with Crippen molar-refractivity contribution in [3.05, 3.63) is 54.1 Å². The van der Waals surface area contributed by atoms with Crippen LogP contribution in [0.15, 0.2) is 53.4 Å². The van der Waals surface area contributed by atoms with Gasteiger partial charge in [-0.25, -0.2) is 13.2 Å². The lowest BCUT2D eigenvalue weighted by Crippen LogP contribution is -2.51. The van der Waals surface area contributed by atoms with Gasteiger partial charge in [0.2, 0.25) is 10.0 Å². The fraction of sp³-hybridized carbons (Fsp3) is 0.350. The van der Waals surface area contributed by atoms with Crippen molar-refractivity contribution in [1.29, 1.82) is 0 Å². The molecule has 2 aromatic rings. The highest BCUT2D eigenvalue weighted by Crippen LogP contribution is 2.21. The first kappa shape index (κ1) is 20.2. The van der Waals surface area contributed by atoms with E-state index >= 15 is 0 Å². The second-order valence-electron chi connectivity index (χ2n) is 6.51. The summed E-state index contributed by atoms with van der Waals surface area (Å²) in [4.78, 5) is 14.4. The summed E-state index contributed by atoms with van der Waals surface area (Å²) in [6.45, 7) is 3.24. The van der Waals surface area contributed by atoms with Gasteiger partial charge in [0.15, 0.2) is 0 Å². The summed E-state index contributed by atoms with van der Waals surface area (Å²) in [6, 6.07) is 13.8. The molecular formula is C20H25N3O4S. The van der Waals surface area contributed by atoms with Gasteiger partial charge in [0.25, 0.3) is 0 Å². The van der Waals surface area contributed by atoms with E-state index < -0.39 is 10.0 Å². The van der Waals surface area contributed by atoms with Gasteiger partial charge in [-0.05, 0) is 42.3 Å². The fourth-order valence-corrected chi connectivity index (χ4v) is 4.60. The zero-order valence-electron chi connectivity index (χ0n) is 16.1. The minimum Gasteiger partial charge on any atom is -0.497 e. The summed E-state index contributed by atoms with van der Waals surface area (Å²) in [7, 11) is -2.05. The molecule has 3 rings (SSSR count). The molecule has 7 nitrogen and oxygen atoms in total. The number of nitrogens with zero attached hydrogens (tertiary/aromatic N) is 2. The summed E-state index contributed by atoms with van der Waals surface area (Å²) < 4.78 is 32.1. The molecule has 1 fully saturated rings. The van der Waals surface area contributed by atoms with E-state index in [-0.39, 0.29) is 24.0 Å². The van der Waals surface area contributed by atoms with Crippen molar-refractivity contribution in [3.8, 4) is 5.75 Å². The second-order valence-corrected chi connectivity index (χ2v) is 8.45. The maximum Gasteiger partial charge on any atom is 0.321 e. The first-order valence-corrected chi connectivity index (χ1v) is 10.7. The molecule has 0 aromatic heterocycles. The Labute approximate surface area is 166 Å². The van der Waals surface area contributed by atoms with Crippen LogP contribution in [0, 0.1) is 0 Å². The van der Waals surface area contributed by atoms with Crippen molar-refractivity contribution in [1.82, 2.24) is 9.21 Å². The molecule has 1 N–H and O–H groups in total. The number of para-hydroxylation sites is 1. The number of carbonyl (C=O) groups excluding carboxylic acids is 1. The molecule has 2 amide bonds. The normalized spacial score (nSPS) is 15.3. The lowest BCUT2D eigenvalue weighted by atomic mass is 10.1. The summed E-state index contributed by atoms with van der Waals surface area (Å²) >= 11 is 0. The molecule has 0 radical (unpaired) electrons. The molecule has 1 heterocycles. The van der Waals surface area contributed by atoms with Crippen molar-refractivity contribution in [3.63, 3.8) is 0 Å². The van der Waals surface area contributed by atoms with Crippen LogP contribution in [-0.2, 0) is 16.4 Å². The average Bonchev–Trinajstić information content (AvgIpc) is 2.74. The molecule has 28 heavy (non-hydrogen) atoms. The van der Waals surface area contributed by atoms with E-state index in [2.05, 4.69) is 5.32 Å². The van der Waals surface area contributed by atoms with Gasteiger partial charge in [-0.15, -0.1) is 0 Å². The molecular weight excluding hydrogens is 378 g/mol. The van der Waals surface area contributed by atoms with Crippen molar-refractivity contribution < 1.29 is 17.9 Å². The summed E-state index contributed by atoms with van der Waals surface area (Å²) in [5.41, 5.74) is 1.86. The third kappa shape index (κ3) is 4.28. The third-order valence-electron chi connectivity index (χ3n) is 4.86. The van der Waals surface area contributed by atoms with Crippen LogP contribution in [0.4, 0.5) is 10.5 Å². The first-order chi connectivity index (χ1) is 13.5. The smallest absolute Gasteiger partial charge is 0.321 e. The molecule has 0 bridgehead atoms. The number of nitrogens with one attached hydrogen (secondary N) is 1. The highest BCUT2D eigenvalue weighted by atomic mass is 32.2. The minimum absolute atomic E-state index is 0.206. The van der Waals surface area contributed by atoms with Gasteiger partial charge in [-0.2, -0.15) is 4.31 Å². The number of carbonyl (C=O) groups is 1. The van der Waals surface area contributed by atoms with Gasteiger partial charge in [0, 0.05) is 31.9 Å². The predicted molar refractivity (Wildman–Crippen MR) is 108 cm³/mol. The summed E-state index contributed by atoms with van der Waals surface area (Å²) in [5.74, 6) is 0.604. The number of rotatable bonds is 5. The molecule has 0 aliphatic carbocycles. The second kappa shape index (κ2) is 8.62. The average molecular weight is 404 g/mol. The number of benzene rings is 2. The monoisotopic (exact) mass is 403 g/mol. The molecule has 1 aliphatic rings. The third-order valence-corrected chi connectivity index (χ3v) is 6.78. The Kier molecular flexibility index (Phi) is 6.21. The molecule has 8 heteroatoms. The number of ether oxygens (including phenoxy) is 1. The number of sulfonamides is 1. The number of methoxy groups -OCH3 is 1. The largest absolute Gasteiger partial charge is 0.497 e. The molecule has 1 saturated heterocycles. The minimum atomic E-state index is -3.59. The molecule has 1 aliphatic heterocycles. The molecule has 0 unspecified atom stereocenters. The standard InChI is InChI=1S/C20H25N3O4S/c1-3-16-6-4-5-7-19(16)21-20(24)22-12-14-23(15-13-22)28(25,26)18-10-8-17(27-2)9-11-18/h4-11H,3,12-15H2,1-2H3,(H,21,24). The van der Waals surface area contributed by atoms with Crippen LogP contribution >= 0.6 is 0 Å². The Balaban J connectivity index is 1.62. The van der Waals surface area contributed by atoms with E-state index in [0.717, 1.165) is 17.7 Å². The van der Waals surface area contributed by atoms with Crippen LogP contribution in [0.1, 0.15) is 12.5 Å². The Hall–Kier alpha value is -2.58. The molecule has 2 aromatic carbocycles. The SMILES string of the molecule is CCc1ccccc1NC(=O)N1CCN(S(=O)(=O)c2ccc(OC)cc2)CC1. The van der Waals surface area contributed by atoms with Crippen LogP contribution in [0.2, 0.25) is 0 Å². The predicted octanol–water partition coefficient (Wildman–Crippen LogP) is 2.80. The maximum absolute atomic E-state index is 12.8. The van der Waals surface area contributed by atoms with E-state index in [9.17, 15) is 13.2 Å². The fourth-order valence-electron chi connectivity index (χ4n) is 3.17. The van der Waals surface area contributed by atoms with Crippen LogP contribution in [-0.4, -0.2) is 56.9 Å². The number of amides is 2. The molecule has 0 atom stereocenters. The first-order valence-electron chi connectivity index (χ1n) is 9.23. The van der Waals surface area contributed by atoms with Gasteiger partial charge in [-0.3, -0.25) is 0 Å². The van der Waals surface area contributed by atoms with Gasteiger partial charge in [0.1, 0.15) is 5.75 Å². The maximum atomic E-state index is 12.8. The van der Waals surface area contributed by atoms with Gasteiger partial charge in [-0.1, -0.05) is 25.1 Å². The summed E-state index contributed by atoms with van der Waals surface area (Å²) in [6.07, 6.45) is 0.824. The number of hydrogen-bond acceptors (Lipinski definition) is 4. The Morgan fingerprint density at radius 1 is 1.04 bits per heavy atom. The quantitative estimate of drug-likeness (QED) is 0.833. The van der Waals surface area contributed by atoms with Crippen molar-refractivity contribution in [2.24, 2.45) is 0 Å². The number of hydrogen-bond donors (Lipinski definition) is 1. The number of anilines is 1. The lowest BCUT2D eigenvalue weighted by molar-refractivity contribution is 0.184. The number of aryl methyl sites for hydroxylation is 1. The van der Waals surface area contributed by atoms with Crippen molar-refractivity contribution in [2.45, 2.75) is 18.2 Å². The molecule has 150 valence electrons. The van der Waals surface area contributed by atoms with Crippen molar-refractivity contribution >= 4 is 21.7 Å². The van der Waals surface area contributed by atoms with E-state index in [0.29, 0.717) is 18.8 Å². The van der Waals surface area contributed by atoms with Crippen molar-refractivity contribution in [2.75, 3.05) is 38.6 Å². The Bertz CT molecular complexity index is 921. The van der Waals surface area contributed by atoms with E-state index in [1.165, 1.54) is 23.5 Å². The molecule has 0 spiro atoms. The van der Waals surface area contributed by atoms with Gasteiger partial charge < -0.3 is 15.0 Å². The van der Waals surface area contributed by atoms with Gasteiger partial charge in [0.05, 0.1) is 12.0 Å².